The fraction of sp³-hybridized carbons (Fsp3) is 0.175. The second kappa shape index (κ2) is 16.3. The van der Waals surface area contributed by atoms with Gasteiger partial charge in [0.15, 0.2) is 0 Å². The van der Waals surface area contributed by atoms with E-state index in [1.807, 2.05) is 59.2 Å². The highest BCUT2D eigenvalue weighted by atomic mass is 32.2. The quantitative estimate of drug-likeness (QED) is 0.110. The molecule has 2 N–H and O–H groups in total. The maximum Gasteiger partial charge on any atom is 0.272 e. The van der Waals surface area contributed by atoms with Crippen LogP contribution < -0.4 is 20.3 Å². The first-order valence-electron chi connectivity index (χ1n) is 16.5. The van der Waals surface area contributed by atoms with Crippen LogP contribution in [0.15, 0.2) is 130 Å². The van der Waals surface area contributed by atoms with Gasteiger partial charge in [0.05, 0.1) is 23.6 Å². The molecular formula is C40H37FN4O5S. The highest BCUT2D eigenvalue weighted by Crippen LogP contribution is 2.32. The van der Waals surface area contributed by atoms with Crippen LogP contribution in [0.1, 0.15) is 23.0 Å². The number of nitrogens with zero attached hydrogens (tertiary/aromatic N) is 2. The average molecular weight is 705 g/mol. The molecule has 0 saturated carbocycles. The lowest BCUT2D eigenvalue weighted by atomic mass is 10.1. The molecule has 1 aliphatic heterocycles. The summed E-state index contributed by atoms with van der Waals surface area (Å²) in [5.41, 5.74) is 2.18. The standard InChI is InChI=1S/C40H37FN4O5S/c1-27(40(48)45-24-22-44(23-25-45)35-14-8-7-13-33(35)41)51-31-19-16-29(17-20-31)42-39(47)34(43-38(46)28-10-4-3-5-11-28)26-30-18-21-37(50-30)32-12-6-9-15-36(32)49-2/h3-21,26-27H,22-25H2,1-2H3,(H,42,47)(H,43,46)/b34-26+. The lowest BCUT2D eigenvalue weighted by molar-refractivity contribution is -0.130. The predicted molar refractivity (Wildman–Crippen MR) is 198 cm³/mol. The molecule has 0 bridgehead atoms. The molecule has 4 aromatic carbocycles. The van der Waals surface area contributed by atoms with Gasteiger partial charge in [0.2, 0.25) is 5.91 Å². The zero-order chi connectivity index (χ0) is 35.7. The van der Waals surface area contributed by atoms with Crippen molar-refractivity contribution in [2.75, 3.05) is 43.5 Å². The third-order valence-corrected chi connectivity index (χ3v) is 9.47. The molecule has 1 fully saturated rings. The Balaban J connectivity index is 1.10. The van der Waals surface area contributed by atoms with E-state index >= 15 is 0 Å². The van der Waals surface area contributed by atoms with Gasteiger partial charge in [0, 0.05) is 48.4 Å². The summed E-state index contributed by atoms with van der Waals surface area (Å²) >= 11 is 1.42. The first-order valence-corrected chi connectivity index (χ1v) is 17.3. The van der Waals surface area contributed by atoms with Gasteiger partial charge in [-0.1, -0.05) is 42.5 Å². The number of hydrogen-bond acceptors (Lipinski definition) is 7. The van der Waals surface area contributed by atoms with Gasteiger partial charge in [-0.05, 0) is 79.7 Å². The van der Waals surface area contributed by atoms with Gasteiger partial charge in [-0.15, -0.1) is 11.8 Å². The Labute approximate surface area is 300 Å². The largest absolute Gasteiger partial charge is 0.496 e. The minimum atomic E-state index is -0.548. The van der Waals surface area contributed by atoms with Gasteiger partial charge < -0.3 is 29.6 Å². The molecule has 1 unspecified atom stereocenters. The van der Waals surface area contributed by atoms with Crippen molar-refractivity contribution in [1.82, 2.24) is 10.2 Å². The van der Waals surface area contributed by atoms with Crippen LogP contribution >= 0.6 is 11.8 Å². The van der Waals surface area contributed by atoms with E-state index in [0.717, 1.165) is 10.5 Å². The van der Waals surface area contributed by atoms with Crippen LogP contribution in [0.25, 0.3) is 17.4 Å². The molecular weight excluding hydrogens is 668 g/mol. The molecule has 260 valence electrons. The van der Waals surface area contributed by atoms with Crippen molar-refractivity contribution in [3.8, 4) is 17.1 Å². The number of anilines is 2. The van der Waals surface area contributed by atoms with E-state index in [1.165, 1.54) is 23.9 Å². The number of carbonyl (C=O) groups excluding carboxylic acids is 3. The molecule has 3 amide bonds. The first-order chi connectivity index (χ1) is 24.8. The summed E-state index contributed by atoms with van der Waals surface area (Å²) in [5.74, 6) is 0.285. The number of furan rings is 1. The highest BCUT2D eigenvalue weighted by molar-refractivity contribution is 8.00. The van der Waals surface area contributed by atoms with Gasteiger partial charge in [0.25, 0.3) is 11.8 Å². The molecule has 0 radical (unpaired) electrons. The fourth-order valence-corrected chi connectivity index (χ4v) is 6.66. The number of nitrogens with one attached hydrogen (secondary N) is 2. The molecule has 2 heterocycles. The fourth-order valence-electron chi connectivity index (χ4n) is 5.71. The lowest BCUT2D eigenvalue weighted by Crippen LogP contribution is -2.50. The summed E-state index contributed by atoms with van der Waals surface area (Å²) in [4.78, 5) is 44.6. The summed E-state index contributed by atoms with van der Waals surface area (Å²) in [7, 11) is 1.58. The van der Waals surface area contributed by atoms with Crippen LogP contribution in [0.2, 0.25) is 0 Å². The number of ether oxygens (including phenoxy) is 1. The molecule has 1 aliphatic rings. The van der Waals surface area contributed by atoms with Crippen molar-refractivity contribution < 1.29 is 27.9 Å². The molecule has 1 aromatic heterocycles. The van der Waals surface area contributed by atoms with Crippen molar-refractivity contribution in [2.24, 2.45) is 0 Å². The number of carbonyl (C=O) groups is 3. The summed E-state index contributed by atoms with van der Waals surface area (Å²) in [6.45, 7) is 4.01. The normalized spacial score (nSPS) is 13.7. The van der Waals surface area contributed by atoms with Crippen molar-refractivity contribution in [3.05, 3.63) is 138 Å². The smallest absolute Gasteiger partial charge is 0.272 e. The average Bonchev–Trinajstić information content (AvgIpc) is 3.64. The maximum absolute atomic E-state index is 14.2. The Bertz CT molecular complexity index is 2020. The maximum atomic E-state index is 14.2. The van der Waals surface area contributed by atoms with Gasteiger partial charge in [0.1, 0.15) is 28.8 Å². The molecule has 51 heavy (non-hydrogen) atoms. The molecule has 6 rings (SSSR count). The summed E-state index contributed by atoms with van der Waals surface area (Å²) in [6, 6.07) is 33.3. The predicted octanol–water partition coefficient (Wildman–Crippen LogP) is 7.33. The Morgan fingerprint density at radius 2 is 1.53 bits per heavy atom. The monoisotopic (exact) mass is 704 g/mol. The van der Waals surface area contributed by atoms with Crippen molar-refractivity contribution in [3.63, 3.8) is 0 Å². The molecule has 11 heteroatoms. The van der Waals surface area contributed by atoms with Crippen LogP contribution in [0.4, 0.5) is 15.8 Å². The summed E-state index contributed by atoms with van der Waals surface area (Å²) in [5, 5.41) is 5.23. The topological polar surface area (TPSA) is 104 Å². The third-order valence-electron chi connectivity index (χ3n) is 8.37. The SMILES string of the molecule is COc1ccccc1-c1ccc(/C=C(/NC(=O)c2ccccc2)C(=O)Nc2ccc(SC(C)C(=O)N3CCN(c4ccccc4F)CC3)cc2)o1. The lowest BCUT2D eigenvalue weighted by Gasteiger charge is -2.37. The third kappa shape index (κ3) is 8.68. The van der Waals surface area contributed by atoms with E-state index in [1.54, 1.807) is 73.8 Å². The van der Waals surface area contributed by atoms with Crippen LogP contribution in [-0.2, 0) is 9.59 Å². The summed E-state index contributed by atoms with van der Waals surface area (Å²) in [6.07, 6.45) is 1.47. The van der Waals surface area contributed by atoms with E-state index in [-0.39, 0.29) is 22.7 Å². The number of benzene rings is 4. The van der Waals surface area contributed by atoms with E-state index < -0.39 is 11.8 Å². The summed E-state index contributed by atoms with van der Waals surface area (Å²) < 4.78 is 25.7. The molecule has 1 atom stereocenters. The number of rotatable bonds is 11. The van der Waals surface area contributed by atoms with E-state index in [2.05, 4.69) is 10.6 Å². The van der Waals surface area contributed by atoms with Crippen LogP contribution in [0.3, 0.4) is 0 Å². The van der Waals surface area contributed by atoms with Gasteiger partial charge in [-0.3, -0.25) is 14.4 Å². The second-order valence-electron chi connectivity index (χ2n) is 11.8. The Hall–Kier alpha value is -5.81. The van der Waals surface area contributed by atoms with E-state index in [9.17, 15) is 18.8 Å². The highest BCUT2D eigenvalue weighted by Gasteiger charge is 2.26. The van der Waals surface area contributed by atoms with Gasteiger partial charge >= 0.3 is 0 Å². The van der Waals surface area contributed by atoms with Gasteiger partial charge in [-0.2, -0.15) is 0 Å². The van der Waals surface area contributed by atoms with Crippen LogP contribution in [0, 0.1) is 5.82 Å². The van der Waals surface area contributed by atoms with Crippen LogP contribution in [-0.4, -0.2) is 61.2 Å². The zero-order valence-electron chi connectivity index (χ0n) is 28.2. The Morgan fingerprint density at radius 1 is 0.843 bits per heavy atom. The van der Waals surface area contributed by atoms with Crippen molar-refractivity contribution in [1.29, 1.82) is 0 Å². The first kappa shape index (κ1) is 35.0. The molecule has 1 saturated heterocycles. The second-order valence-corrected chi connectivity index (χ2v) is 13.2. The minimum absolute atomic E-state index is 0.0151. The number of piperazine rings is 1. The van der Waals surface area contributed by atoms with Crippen LogP contribution in [0.5, 0.6) is 5.75 Å². The van der Waals surface area contributed by atoms with Crippen molar-refractivity contribution in [2.45, 2.75) is 17.1 Å². The Morgan fingerprint density at radius 3 is 2.25 bits per heavy atom. The minimum Gasteiger partial charge on any atom is -0.496 e. The van der Waals surface area contributed by atoms with Gasteiger partial charge in [-0.25, -0.2) is 4.39 Å². The Kier molecular flexibility index (Phi) is 11.2. The number of methoxy groups -OCH3 is 1. The molecule has 5 aromatic rings. The number of halogens is 1. The van der Waals surface area contributed by atoms with E-state index in [4.69, 9.17) is 9.15 Å². The number of amides is 3. The number of para-hydroxylation sites is 2. The number of thioether (sulfide) groups is 1. The van der Waals surface area contributed by atoms with Crippen molar-refractivity contribution >= 4 is 46.9 Å². The van der Waals surface area contributed by atoms with E-state index in [0.29, 0.717) is 60.4 Å². The number of hydrogen-bond donors (Lipinski definition) is 2. The molecule has 9 nitrogen and oxygen atoms in total. The molecule has 0 aliphatic carbocycles. The zero-order valence-corrected chi connectivity index (χ0v) is 29.0. The molecule has 0 spiro atoms.